The summed E-state index contributed by atoms with van der Waals surface area (Å²) >= 11 is 0. The van der Waals surface area contributed by atoms with Crippen molar-refractivity contribution < 1.29 is 14.3 Å². The first kappa shape index (κ1) is 18.0. The maximum Gasteiger partial charge on any atom is 0.220 e. The topological polar surface area (TPSA) is 50.8 Å². The minimum atomic E-state index is 0.121. The van der Waals surface area contributed by atoms with Crippen molar-refractivity contribution >= 4 is 5.91 Å². The van der Waals surface area contributed by atoms with E-state index >= 15 is 0 Å². The summed E-state index contributed by atoms with van der Waals surface area (Å²) in [6.45, 7) is 5.72. The van der Waals surface area contributed by atoms with Crippen LogP contribution in [-0.2, 0) is 16.1 Å². The van der Waals surface area contributed by atoms with E-state index < -0.39 is 0 Å². The van der Waals surface area contributed by atoms with Gasteiger partial charge in [0.2, 0.25) is 5.91 Å². The highest BCUT2D eigenvalue weighted by Crippen LogP contribution is 2.20. The van der Waals surface area contributed by atoms with Crippen LogP contribution in [0.4, 0.5) is 0 Å². The smallest absolute Gasteiger partial charge is 0.220 e. The van der Waals surface area contributed by atoms with Gasteiger partial charge in [-0.25, -0.2) is 0 Å². The standard InChI is InChI=1S/C20H28N2O3/c23-20(15-17-4-1-2-5-17)21-16-18-6-3-7-19(14-18)25-13-10-22-8-11-24-12-9-22/h1,3-4,6-7,14,17H,2,5,8-13,15-16H2,(H,21,23). The van der Waals surface area contributed by atoms with Crippen LogP contribution >= 0.6 is 0 Å². The molecule has 1 heterocycles. The summed E-state index contributed by atoms with van der Waals surface area (Å²) in [6.07, 6.45) is 7.10. The van der Waals surface area contributed by atoms with Crippen molar-refractivity contribution in [3.63, 3.8) is 0 Å². The third-order valence-electron chi connectivity index (χ3n) is 4.73. The molecule has 1 aromatic rings. The maximum atomic E-state index is 12.0. The van der Waals surface area contributed by atoms with Crippen molar-refractivity contribution in [2.24, 2.45) is 5.92 Å². The van der Waals surface area contributed by atoms with Gasteiger partial charge in [0, 0.05) is 32.6 Å². The largest absolute Gasteiger partial charge is 0.492 e. The first-order valence-electron chi connectivity index (χ1n) is 9.25. The van der Waals surface area contributed by atoms with Crippen LogP contribution in [-0.4, -0.2) is 50.3 Å². The van der Waals surface area contributed by atoms with E-state index in [4.69, 9.17) is 9.47 Å². The Morgan fingerprint density at radius 3 is 3.00 bits per heavy atom. The third kappa shape index (κ3) is 6.18. The average molecular weight is 344 g/mol. The molecule has 25 heavy (non-hydrogen) atoms. The number of nitrogens with zero attached hydrogens (tertiary/aromatic N) is 1. The summed E-state index contributed by atoms with van der Waals surface area (Å²) in [5.74, 6) is 1.39. The highest BCUT2D eigenvalue weighted by molar-refractivity contribution is 5.76. The Hall–Kier alpha value is -1.85. The first-order chi connectivity index (χ1) is 12.3. The average Bonchev–Trinajstić information content (AvgIpc) is 3.14. The van der Waals surface area contributed by atoms with E-state index in [9.17, 15) is 4.79 Å². The van der Waals surface area contributed by atoms with E-state index in [1.165, 1.54) is 0 Å². The summed E-state index contributed by atoms with van der Waals surface area (Å²) in [5.41, 5.74) is 1.07. The minimum Gasteiger partial charge on any atom is -0.492 e. The molecule has 0 bridgehead atoms. The number of nitrogens with one attached hydrogen (secondary N) is 1. The molecule has 2 aliphatic rings. The molecule has 1 fully saturated rings. The Balaban J connectivity index is 1.38. The number of carbonyl (C=O) groups excluding carboxylic acids is 1. The molecule has 5 heteroatoms. The number of amides is 1. The highest BCUT2D eigenvalue weighted by atomic mass is 16.5. The lowest BCUT2D eigenvalue weighted by molar-refractivity contribution is -0.121. The number of hydrogen-bond acceptors (Lipinski definition) is 4. The molecule has 0 radical (unpaired) electrons. The van der Waals surface area contributed by atoms with Gasteiger partial charge in [0.15, 0.2) is 0 Å². The monoisotopic (exact) mass is 344 g/mol. The van der Waals surface area contributed by atoms with Crippen molar-refractivity contribution in [1.82, 2.24) is 10.2 Å². The van der Waals surface area contributed by atoms with Crippen LogP contribution < -0.4 is 10.1 Å². The number of rotatable bonds is 8. The number of morpholine rings is 1. The minimum absolute atomic E-state index is 0.121. The number of benzene rings is 1. The molecule has 0 spiro atoms. The van der Waals surface area contributed by atoms with Crippen molar-refractivity contribution in [3.05, 3.63) is 42.0 Å². The second-order valence-corrected chi connectivity index (χ2v) is 6.70. The molecule has 5 nitrogen and oxygen atoms in total. The molecule has 1 unspecified atom stereocenters. The van der Waals surface area contributed by atoms with Crippen LogP contribution in [0, 0.1) is 5.92 Å². The lowest BCUT2D eigenvalue weighted by Gasteiger charge is -2.26. The predicted octanol–water partition coefficient (Wildman–Crippen LogP) is 2.37. The van der Waals surface area contributed by atoms with Crippen LogP contribution in [0.1, 0.15) is 24.8 Å². The van der Waals surface area contributed by atoms with E-state index in [0.717, 1.165) is 57.0 Å². The molecule has 1 aliphatic carbocycles. The van der Waals surface area contributed by atoms with Gasteiger partial charge in [-0.15, -0.1) is 0 Å². The molecule has 0 saturated carbocycles. The van der Waals surface area contributed by atoms with E-state index in [1.54, 1.807) is 0 Å². The third-order valence-corrected chi connectivity index (χ3v) is 4.73. The Morgan fingerprint density at radius 2 is 2.20 bits per heavy atom. The molecule has 136 valence electrons. The zero-order valence-electron chi connectivity index (χ0n) is 14.8. The molecule has 1 atom stereocenters. The van der Waals surface area contributed by atoms with Gasteiger partial charge in [-0.05, 0) is 36.5 Å². The van der Waals surface area contributed by atoms with Gasteiger partial charge in [-0.3, -0.25) is 9.69 Å². The van der Waals surface area contributed by atoms with E-state index in [2.05, 4.69) is 22.4 Å². The fraction of sp³-hybridized carbons (Fsp3) is 0.550. The van der Waals surface area contributed by atoms with Gasteiger partial charge in [0.1, 0.15) is 12.4 Å². The van der Waals surface area contributed by atoms with Crippen LogP contribution in [0.3, 0.4) is 0 Å². The van der Waals surface area contributed by atoms with Gasteiger partial charge in [-0.1, -0.05) is 24.3 Å². The Kier molecular flexibility index (Phi) is 6.89. The predicted molar refractivity (Wildman–Crippen MR) is 97.5 cm³/mol. The molecule has 1 saturated heterocycles. The van der Waals surface area contributed by atoms with Gasteiger partial charge in [0.05, 0.1) is 13.2 Å². The SMILES string of the molecule is O=C(CC1C=CCC1)NCc1cccc(OCCN2CCOCC2)c1. The lowest BCUT2D eigenvalue weighted by Crippen LogP contribution is -2.38. The maximum absolute atomic E-state index is 12.0. The van der Waals surface area contributed by atoms with E-state index in [1.807, 2.05) is 24.3 Å². The molecule has 1 aromatic carbocycles. The molecular weight excluding hydrogens is 316 g/mol. The van der Waals surface area contributed by atoms with Crippen LogP contribution in [0.15, 0.2) is 36.4 Å². The molecule has 1 amide bonds. The van der Waals surface area contributed by atoms with Crippen LogP contribution in [0.2, 0.25) is 0 Å². The van der Waals surface area contributed by atoms with E-state index in [-0.39, 0.29) is 5.91 Å². The van der Waals surface area contributed by atoms with Crippen LogP contribution in [0.5, 0.6) is 5.75 Å². The number of hydrogen-bond donors (Lipinski definition) is 1. The Labute approximate surface area is 150 Å². The molecular formula is C20H28N2O3. The second-order valence-electron chi connectivity index (χ2n) is 6.70. The summed E-state index contributed by atoms with van der Waals surface area (Å²) in [6, 6.07) is 7.97. The normalized spacial score (nSPS) is 20.6. The Morgan fingerprint density at radius 1 is 1.32 bits per heavy atom. The van der Waals surface area contributed by atoms with Crippen LogP contribution in [0.25, 0.3) is 0 Å². The second kappa shape index (κ2) is 9.59. The number of ether oxygens (including phenoxy) is 2. The number of carbonyl (C=O) groups is 1. The molecule has 1 N–H and O–H groups in total. The molecule has 3 rings (SSSR count). The summed E-state index contributed by atoms with van der Waals surface area (Å²) in [7, 11) is 0. The van der Waals surface area contributed by atoms with Crippen molar-refractivity contribution in [2.75, 3.05) is 39.5 Å². The molecule has 1 aliphatic heterocycles. The quantitative estimate of drug-likeness (QED) is 0.736. The summed E-state index contributed by atoms with van der Waals surface area (Å²) < 4.78 is 11.2. The zero-order chi connectivity index (χ0) is 17.3. The van der Waals surface area contributed by atoms with Crippen molar-refractivity contribution in [2.45, 2.75) is 25.8 Å². The zero-order valence-corrected chi connectivity index (χ0v) is 14.8. The van der Waals surface area contributed by atoms with Gasteiger partial charge < -0.3 is 14.8 Å². The fourth-order valence-corrected chi connectivity index (χ4v) is 3.24. The first-order valence-corrected chi connectivity index (χ1v) is 9.25. The number of allylic oxidation sites excluding steroid dienone is 2. The van der Waals surface area contributed by atoms with E-state index in [0.29, 0.717) is 25.5 Å². The van der Waals surface area contributed by atoms with Crippen molar-refractivity contribution in [1.29, 1.82) is 0 Å². The van der Waals surface area contributed by atoms with Gasteiger partial charge in [0.25, 0.3) is 0 Å². The highest BCUT2D eigenvalue weighted by Gasteiger charge is 2.13. The molecule has 0 aromatic heterocycles. The summed E-state index contributed by atoms with van der Waals surface area (Å²) in [4.78, 5) is 14.4. The summed E-state index contributed by atoms with van der Waals surface area (Å²) in [5, 5.41) is 3.01. The lowest BCUT2D eigenvalue weighted by atomic mass is 10.1. The Bertz CT molecular complexity index is 582. The fourth-order valence-electron chi connectivity index (χ4n) is 3.24. The van der Waals surface area contributed by atoms with Crippen molar-refractivity contribution in [3.8, 4) is 5.75 Å². The van der Waals surface area contributed by atoms with Gasteiger partial charge in [-0.2, -0.15) is 0 Å². The van der Waals surface area contributed by atoms with Gasteiger partial charge >= 0.3 is 0 Å².